The van der Waals surface area contributed by atoms with E-state index in [1.54, 1.807) is 26.1 Å². The number of nitrogens with zero attached hydrogens (tertiary/aromatic N) is 1. The standard InChI is InChI=1S/C10H14FNO2/c1-3-14-10-5-4-8(6-9(10)11)12(2)7-13/h4-6,13H,3,7H2,1-2H3. The minimum Gasteiger partial charge on any atom is -0.491 e. The zero-order valence-corrected chi connectivity index (χ0v) is 8.33. The molecule has 0 unspecified atom stereocenters. The third-order valence-electron chi connectivity index (χ3n) is 1.87. The zero-order valence-electron chi connectivity index (χ0n) is 8.33. The molecule has 0 radical (unpaired) electrons. The molecule has 0 aliphatic carbocycles. The van der Waals surface area contributed by atoms with E-state index in [0.29, 0.717) is 12.3 Å². The molecule has 0 heterocycles. The number of halogens is 1. The van der Waals surface area contributed by atoms with E-state index in [0.717, 1.165) is 0 Å². The van der Waals surface area contributed by atoms with Gasteiger partial charge in [0, 0.05) is 18.8 Å². The molecule has 0 aliphatic heterocycles. The van der Waals surface area contributed by atoms with Crippen LogP contribution >= 0.6 is 0 Å². The van der Waals surface area contributed by atoms with Crippen molar-refractivity contribution in [2.75, 3.05) is 25.3 Å². The Labute approximate surface area is 82.7 Å². The minimum atomic E-state index is -0.412. The first-order valence-corrected chi connectivity index (χ1v) is 4.43. The topological polar surface area (TPSA) is 32.7 Å². The van der Waals surface area contributed by atoms with Crippen LogP contribution in [0.25, 0.3) is 0 Å². The van der Waals surface area contributed by atoms with Crippen LogP contribution in [0.5, 0.6) is 5.75 Å². The summed E-state index contributed by atoms with van der Waals surface area (Å²) in [6.45, 7) is 2.09. The smallest absolute Gasteiger partial charge is 0.167 e. The van der Waals surface area contributed by atoms with Crippen molar-refractivity contribution in [3.63, 3.8) is 0 Å². The first-order chi connectivity index (χ1) is 6.69. The van der Waals surface area contributed by atoms with Gasteiger partial charge < -0.3 is 14.7 Å². The molecule has 0 amide bonds. The molecule has 78 valence electrons. The average molecular weight is 199 g/mol. The Kier molecular flexibility index (Phi) is 3.71. The molecule has 4 heteroatoms. The monoisotopic (exact) mass is 199 g/mol. The fraction of sp³-hybridized carbons (Fsp3) is 0.400. The van der Waals surface area contributed by atoms with Crippen LogP contribution in [-0.2, 0) is 0 Å². The van der Waals surface area contributed by atoms with Gasteiger partial charge in [-0.25, -0.2) is 4.39 Å². The number of aliphatic hydroxyl groups excluding tert-OH is 1. The summed E-state index contributed by atoms with van der Waals surface area (Å²) in [7, 11) is 1.68. The van der Waals surface area contributed by atoms with Crippen LogP contribution < -0.4 is 9.64 Å². The number of benzene rings is 1. The lowest BCUT2D eigenvalue weighted by Crippen LogP contribution is -2.17. The molecule has 0 bridgehead atoms. The van der Waals surface area contributed by atoms with Gasteiger partial charge in [-0.15, -0.1) is 0 Å². The van der Waals surface area contributed by atoms with Gasteiger partial charge in [0.15, 0.2) is 11.6 Å². The van der Waals surface area contributed by atoms with Crippen LogP contribution in [0.2, 0.25) is 0 Å². The molecule has 0 aliphatic rings. The number of rotatable bonds is 4. The van der Waals surface area contributed by atoms with Crippen LogP contribution in [0.1, 0.15) is 6.92 Å². The normalized spacial score (nSPS) is 10.0. The summed E-state index contributed by atoms with van der Waals surface area (Å²) in [5.41, 5.74) is 0.619. The van der Waals surface area contributed by atoms with E-state index >= 15 is 0 Å². The first-order valence-electron chi connectivity index (χ1n) is 4.43. The second kappa shape index (κ2) is 4.81. The summed E-state index contributed by atoms with van der Waals surface area (Å²) >= 11 is 0. The summed E-state index contributed by atoms with van der Waals surface area (Å²) in [4.78, 5) is 1.53. The number of ether oxygens (including phenoxy) is 1. The van der Waals surface area contributed by atoms with Crippen molar-refractivity contribution < 1.29 is 14.2 Å². The van der Waals surface area contributed by atoms with Gasteiger partial charge in [0.1, 0.15) is 6.73 Å². The number of hydrogen-bond acceptors (Lipinski definition) is 3. The third kappa shape index (κ3) is 2.35. The molecule has 0 aromatic heterocycles. The Morgan fingerprint density at radius 3 is 2.71 bits per heavy atom. The van der Waals surface area contributed by atoms with Gasteiger partial charge in [0.2, 0.25) is 0 Å². The van der Waals surface area contributed by atoms with Crippen molar-refractivity contribution in [2.45, 2.75) is 6.92 Å². The predicted octanol–water partition coefficient (Wildman–Crippen LogP) is 1.61. The Morgan fingerprint density at radius 1 is 1.50 bits per heavy atom. The summed E-state index contributed by atoms with van der Waals surface area (Å²) in [6, 6.07) is 4.59. The van der Waals surface area contributed by atoms with E-state index in [-0.39, 0.29) is 12.5 Å². The number of hydrogen-bond donors (Lipinski definition) is 1. The lowest BCUT2D eigenvalue weighted by Gasteiger charge is -2.16. The average Bonchev–Trinajstić information content (AvgIpc) is 2.20. The van der Waals surface area contributed by atoms with E-state index in [1.165, 1.54) is 11.0 Å². The first kappa shape index (κ1) is 10.8. The SMILES string of the molecule is CCOc1ccc(N(C)CO)cc1F. The largest absolute Gasteiger partial charge is 0.491 e. The van der Waals surface area contributed by atoms with Crippen LogP contribution in [-0.4, -0.2) is 25.5 Å². The molecule has 3 nitrogen and oxygen atoms in total. The summed E-state index contributed by atoms with van der Waals surface area (Å²) in [5, 5.41) is 8.82. The minimum absolute atomic E-state index is 0.145. The zero-order chi connectivity index (χ0) is 10.6. The van der Waals surface area contributed by atoms with Gasteiger partial charge in [0.05, 0.1) is 6.61 Å². The van der Waals surface area contributed by atoms with E-state index in [9.17, 15) is 4.39 Å². The molecule has 1 rings (SSSR count). The van der Waals surface area contributed by atoms with Crippen LogP contribution in [0.4, 0.5) is 10.1 Å². The molecular formula is C10H14FNO2. The van der Waals surface area contributed by atoms with E-state index in [1.807, 2.05) is 0 Å². The molecule has 0 saturated carbocycles. The fourth-order valence-electron chi connectivity index (χ4n) is 1.08. The third-order valence-corrected chi connectivity index (χ3v) is 1.87. The molecule has 0 fully saturated rings. The van der Waals surface area contributed by atoms with E-state index in [4.69, 9.17) is 9.84 Å². The number of anilines is 1. The van der Waals surface area contributed by atoms with Crippen molar-refractivity contribution in [3.8, 4) is 5.75 Å². The summed E-state index contributed by atoms with van der Waals surface area (Å²) in [5.74, 6) is -0.174. The highest BCUT2D eigenvalue weighted by Crippen LogP contribution is 2.22. The maximum absolute atomic E-state index is 13.3. The molecule has 0 saturated heterocycles. The summed E-state index contributed by atoms with van der Waals surface area (Å²) in [6.07, 6.45) is 0. The predicted molar refractivity (Wildman–Crippen MR) is 53.1 cm³/mol. The molecule has 0 spiro atoms. The van der Waals surface area contributed by atoms with Crippen molar-refractivity contribution in [2.24, 2.45) is 0 Å². The van der Waals surface area contributed by atoms with Crippen molar-refractivity contribution in [3.05, 3.63) is 24.0 Å². The van der Waals surface area contributed by atoms with Crippen LogP contribution in [0.3, 0.4) is 0 Å². The van der Waals surface area contributed by atoms with Gasteiger partial charge in [-0.05, 0) is 19.1 Å². The van der Waals surface area contributed by atoms with Gasteiger partial charge in [-0.2, -0.15) is 0 Å². The highest BCUT2D eigenvalue weighted by Gasteiger charge is 2.06. The van der Waals surface area contributed by atoms with E-state index < -0.39 is 5.82 Å². The maximum Gasteiger partial charge on any atom is 0.167 e. The molecule has 1 aromatic rings. The molecule has 0 atom stereocenters. The lowest BCUT2D eigenvalue weighted by atomic mass is 10.3. The molecule has 14 heavy (non-hydrogen) atoms. The molecule has 1 aromatic carbocycles. The molecular weight excluding hydrogens is 185 g/mol. The Bertz CT molecular complexity index is 304. The van der Waals surface area contributed by atoms with E-state index in [2.05, 4.69) is 0 Å². The van der Waals surface area contributed by atoms with Gasteiger partial charge in [-0.3, -0.25) is 0 Å². The Hall–Kier alpha value is -1.29. The van der Waals surface area contributed by atoms with Crippen LogP contribution in [0, 0.1) is 5.82 Å². The highest BCUT2D eigenvalue weighted by atomic mass is 19.1. The number of aliphatic hydroxyl groups is 1. The maximum atomic E-state index is 13.3. The Balaban J connectivity index is 2.88. The van der Waals surface area contributed by atoms with Crippen molar-refractivity contribution >= 4 is 5.69 Å². The highest BCUT2D eigenvalue weighted by molar-refractivity contribution is 5.48. The van der Waals surface area contributed by atoms with Crippen molar-refractivity contribution in [1.82, 2.24) is 0 Å². The van der Waals surface area contributed by atoms with Gasteiger partial charge >= 0.3 is 0 Å². The van der Waals surface area contributed by atoms with Gasteiger partial charge in [-0.1, -0.05) is 0 Å². The quantitative estimate of drug-likeness (QED) is 0.748. The molecule has 1 N–H and O–H groups in total. The lowest BCUT2D eigenvalue weighted by molar-refractivity contribution is 0.298. The second-order valence-corrected chi connectivity index (χ2v) is 2.89. The Morgan fingerprint density at radius 2 is 2.21 bits per heavy atom. The van der Waals surface area contributed by atoms with Crippen LogP contribution in [0.15, 0.2) is 18.2 Å². The summed E-state index contributed by atoms with van der Waals surface area (Å²) < 4.78 is 18.3. The van der Waals surface area contributed by atoms with Gasteiger partial charge in [0.25, 0.3) is 0 Å². The van der Waals surface area contributed by atoms with Crippen molar-refractivity contribution in [1.29, 1.82) is 0 Å². The second-order valence-electron chi connectivity index (χ2n) is 2.89. The fourth-order valence-corrected chi connectivity index (χ4v) is 1.08.